The summed E-state index contributed by atoms with van der Waals surface area (Å²) in [5.41, 5.74) is 3.62. The van der Waals surface area contributed by atoms with E-state index in [4.69, 9.17) is 9.47 Å². The van der Waals surface area contributed by atoms with Crippen LogP contribution in [0.2, 0.25) is 0 Å². The highest BCUT2D eigenvalue weighted by Gasteiger charge is 2.23. The second-order valence-corrected chi connectivity index (χ2v) is 7.69. The second kappa shape index (κ2) is 10.1. The van der Waals surface area contributed by atoms with Crippen LogP contribution < -0.4 is 19.7 Å². The third-order valence-corrected chi connectivity index (χ3v) is 5.73. The fraction of sp³-hybridized carbons (Fsp3) is 0.417. The summed E-state index contributed by atoms with van der Waals surface area (Å²) in [6.45, 7) is 6.75. The van der Waals surface area contributed by atoms with Crippen molar-refractivity contribution in [2.24, 2.45) is 0 Å². The number of urea groups is 1. The lowest BCUT2D eigenvalue weighted by Crippen LogP contribution is -2.43. The van der Waals surface area contributed by atoms with Crippen LogP contribution in [0.1, 0.15) is 36.1 Å². The quantitative estimate of drug-likeness (QED) is 0.792. The van der Waals surface area contributed by atoms with Gasteiger partial charge in [-0.1, -0.05) is 12.1 Å². The third-order valence-electron chi connectivity index (χ3n) is 5.73. The van der Waals surface area contributed by atoms with Gasteiger partial charge in [-0.2, -0.15) is 5.26 Å². The highest BCUT2D eigenvalue weighted by atomic mass is 16.5. The van der Waals surface area contributed by atoms with E-state index in [2.05, 4.69) is 16.3 Å². The highest BCUT2D eigenvalue weighted by molar-refractivity contribution is 5.75. The first kappa shape index (κ1) is 22.3. The Labute approximate surface area is 184 Å². The Kier molecular flexibility index (Phi) is 7.24. The summed E-state index contributed by atoms with van der Waals surface area (Å²) in [4.78, 5) is 17.0. The number of nitriles is 1. The lowest BCUT2D eigenvalue weighted by atomic mass is 10.0. The second-order valence-electron chi connectivity index (χ2n) is 7.69. The number of hydrogen-bond acceptors (Lipinski definition) is 5. The molecule has 2 amide bonds. The standard InChI is InChI=1S/C24H30N4O3/c1-17-14-22(30-3)23(31-4)15-20(17)18(2)26-24(29)28-11-7-10-27(12-13-28)21-9-6-5-8-19(21)16-25/h5-6,8-9,14-15,18H,7,10-13H2,1-4H3,(H,26,29). The maximum atomic E-state index is 13.0. The van der Waals surface area contributed by atoms with Crippen molar-refractivity contribution in [2.45, 2.75) is 26.3 Å². The van der Waals surface area contributed by atoms with Gasteiger partial charge in [-0.25, -0.2) is 4.79 Å². The molecule has 1 aliphatic rings. The number of benzene rings is 2. The number of nitrogens with zero attached hydrogens (tertiary/aromatic N) is 3. The van der Waals surface area contributed by atoms with E-state index in [9.17, 15) is 10.1 Å². The smallest absolute Gasteiger partial charge is 0.317 e. The molecule has 7 heteroatoms. The Morgan fingerprint density at radius 3 is 2.52 bits per heavy atom. The molecule has 31 heavy (non-hydrogen) atoms. The van der Waals surface area contributed by atoms with E-state index in [0.717, 1.165) is 29.8 Å². The summed E-state index contributed by atoms with van der Waals surface area (Å²) >= 11 is 0. The predicted molar refractivity (Wildman–Crippen MR) is 121 cm³/mol. The number of carbonyl (C=O) groups excluding carboxylic acids is 1. The first-order valence-electron chi connectivity index (χ1n) is 10.5. The third kappa shape index (κ3) is 5.02. The Balaban J connectivity index is 1.67. The monoisotopic (exact) mass is 422 g/mol. The van der Waals surface area contributed by atoms with Crippen LogP contribution in [0.15, 0.2) is 36.4 Å². The molecular formula is C24H30N4O3. The van der Waals surface area contributed by atoms with Crippen LogP contribution in [0.3, 0.4) is 0 Å². The van der Waals surface area contributed by atoms with Gasteiger partial charge in [0.1, 0.15) is 6.07 Å². The molecule has 0 bridgehead atoms. The van der Waals surface area contributed by atoms with Gasteiger partial charge in [-0.3, -0.25) is 0 Å². The molecule has 1 saturated heterocycles. The molecule has 2 aromatic rings. The minimum absolute atomic E-state index is 0.0860. The van der Waals surface area contributed by atoms with E-state index in [1.165, 1.54) is 0 Å². The molecule has 0 aromatic heterocycles. The molecule has 164 valence electrons. The SMILES string of the molecule is COc1cc(C)c(C(C)NC(=O)N2CCCN(c3ccccc3C#N)CC2)cc1OC. The van der Waals surface area contributed by atoms with Crippen LogP contribution in [-0.2, 0) is 0 Å². The molecule has 1 atom stereocenters. The van der Waals surface area contributed by atoms with Gasteiger partial charge in [0.25, 0.3) is 0 Å². The molecule has 1 aliphatic heterocycles. The Bertz CT molecular complexity index is 970. The van der Waals surface area contributed by atoms with Crippen LogP contribution in [-0.4, -0.2) is 51.3 Å². The molecular weight excluding hydrogens is 392 g/mol. The van der Waals surface area contributed by atoms with E-state index in [0.29, 0.717) is 36.7 Å². The zero-order valence-corrected chi connectivity index (χ0v) is 18.6. The molecule has 2 aromatic carbocycles. The molecule has 0 radical (unpaired) electrons. The topological polar surface area (TPSA) is 77.8 Å². The van der Waals surface area contributed by atoms with Gasteiger partial charge < -0.3 is 24.6 Å². The Hall–Kier alpha value is -3.40. The number of amides is 2. The first-order valence-corrected chi connectivity index (χ1v) is 10.5. The van der Waals surface area contributed by atoms with E-state index in [1.54, 1.807) is 14.2 Å². The molecule has 1 fully saturated rings. The summed E-state index contributed by atoms with van der Waals surface area (Å²) in [6, 6.07) is 13.5. The lowest BCUT2D eigenvalue weighted by Gasteiger charge is -2.26. The first-order chi connectivity index (χ1) is 15.0. The molecule has 0 saturated carbocycles. The van der Waals surface area contributed by atoms with Crippen molar-refractivity contribution in [3.63, 3.8) is 0 Å². The van der Waals surface area contributed by atoms with Gasteiger partial charge in [0, 0.05) is 26.2 Å². The summed E-state index contributed by atoms with van der Waals surface area (Å²) in [7, 11) is 3.22. The van der Waals surface area contributed by atoms with Gasteiger partial charge in [-0.05, 0) is 55.7 Å². The minimum atomic E-state index is -0.175. The summed E-state index contributed by atoms with van der Waals surface area (Å²) in [5.74, 6) is 1.32. The number of anilines is 1. The number of rotatable bonds is 5. The van der Waals surface area contributed by atoms with E-state index < -0.39 is 0 Å². The van der Waals surface area contributed by atoms with Crippen molar-refractivity contribution in [3.05, 3.63) is 53.1 Å². The molecule has 0 aliphatic carbocycles. The van der Waals surface area contributed by atoms with Gasteiger partial charge in [0.2, 0.25) is 0 Å². The predicted octanol–water partition coefficient (Wildman–Crippen LogP) is 3.87. The number of hydrogen-bond donors (Lipinski definition) is 1. The number of methoxy groups -OCH3 is 2. The molecule has 3 rings (SSSR count). The lowest BCUT2D eigenvalue weighted by molar-refractivity contribution is 0.198. The fourth-order valence-corrected chi connectivity index (χ4v) is 4.02. The van der Waals surface area contributed by atoms with Crippen LogP contribution in [0, 0.1) is 18.3 Å². The number of para-hydroxylation sites is 1. The Morgan fingerprint density at radius 2 is 1.81 bits per heavy atom. The Morgan fingerprint density at radius 1 is 1.10 bits per heavy atom. The van der Waals surface area contributed by atoms with Crippen LogP contribution in [0.4, 0.5) is 10.5 Å². The van der Waals surface area contributed by atoms with Crippen molar-refractivity contribution in [1.82, 2.24) is 10.2 Å². The van der Waals surface area contributed by atoms with Gasteiger partial charge in [-0.15, -0.1) is 0 Å². The van der Waals surface area contributed by atoms with E-state index in [-0.39, 0.29) is 12.1 Å². The molecule has 1 heterocycles. The zero-order valence-electron chi connectivity index (χ0n) is 18.6. The number of carbonyl (C=O) groups is 1. The van der Waals surface area contributed by atoms with Crippen molar-refractivity contribution in [2.75, 3.05) is 45.3 Å². The van der Waals surface area contributed by atoms with Crippen LogP contribution in [0.25, 0.3) is 0 Å². The van der Waals surface area contributed by atoms with Gasteiger partial charge >= 0.3 is 6.03 Å². The maximum absolute atomic E-state index is 13.0. The van der Waals surface area contributed by atoms with Crippen LogP contribution >= 0.6 is 0 Å². The van der Waals surface area contributed by atoms with Crippen LogP contribution in [0.5, 0.6) is 11.5 Å². The van der Waals surface area contributed by atoms with Gasteiger partial charge in [0.15, 0.2) is 11.5 Å². The fourth-order valence-electron chi connectivity index (χ4n) is 4.02. The van der Waals surface area contributed by atoms with Crippen molar-refractivity contribution >= 4 is 11.7 Å². The molecule has 0 spiro atoms. The number of aryl methyl sites for hydroxylation is 1. The maximum Gasteiger partial charge on any atom is 0.317 e. The zero-order chi connectivity index (χ0) is 22.4. The summed E-state index contributed by atoms with van der Waals surface area (Å²) in [6.07, 6.45) is 0.844. The number of nitrogens with one attached hydrogen (secondary N) is 1. The van der Waals surface area contributed by atoms with Crippen molar-refractivity contribution < 1.29 is 14.3 Å². The van der Waals surface area contributed by atoms with Crippen molar-refractivity contribution in [3.8, 4) is 17.6 Å². The normalized spacial score (nSPS) is 14.9. The minimum Gasteiger partial charge on any atom is -0.493 e. The van der Waals surface area contributed by atoms with E-state index in [1.807, 2.05) is 55.1 Å². The largest absolute Gasteiger partial charge is 0.493 e. The summed E-state index contributed by atoms with van der Waals surface area (Å²) in [5, 5.41) is 12.5. The van der Waals surface area contributed by atoms with Crippen molar-refractivity contribution in [1.29, 1.82) is 5.26 Å². The molecule has 7 nitrogen and oxygen atoms in total. The highest BCUT2D eigenvalue weighted by Crippen LogP contribution is 2.33. The van der Waals surface area contributed by atoms with E-state index >= 15 is 0 Å². The average molecular weight is 423 g/mol. The number of ether oxygens (including phenoxy) is 2. The molecule has 1 N–H and O–H groups in total. The average Bonchev–Trinajstić information content (AvgIpc) is 3.05. The summed E-state index contributed by atoms with van der Waals surface area (Å²) < 4.78 is 10.8. The van der Waals surface area contributed by atoms with Gasteiger partial charge in [0.05, 0.1) is 31.5 Å². The molecule has 1 unspecified atom stereocenters.